The molecule has 0 bridgehead atoms. The van der Waals surface area contributed by atoms with Crippen LogP contribution in [-0.4, -0.2) is 0 Å². The van der Waals surface area contributed by atoms with Crippen molar-refractivity contribution < 1.29 is 17.0 Å². The number of aromatic nitrogens is 1. The number of fused-ring (bicyclic) bond motifs is 1. The maximum Gasteiger partial charge on any atom is 0.213 e. The lowest BCUT2D eigenvalue weighted by Crippen LogP contribution is -3.00. The summed E-state index contributed by atoms with van der Waals surface area (Å²) in [5.41, 5.74) is 3.73. The van der Waals surface area contributed by atoms with E-state index in [0.29, 0.717) is 6.54 Å². The Balaban J connectivity index is 0.00000128. The van der Waals surface area contributed by atoms with Crippen LogP contribution in [0.5, 0.6) is 0 Å². The molecule has 0 amide bonds. The van der Waals surface area contributed by atoms with Crippen LogP contribution in [0.3, 0.4) is 0 Å². The molecule has 1 heterocycles. The number of benzene rings is 1. The second-order valence-corrected chi connectivity index (χ2v) is 3.78. The first-order valence-electron chi connectivity index (χ1n) is 5.06. The van der Waals surface area contributed by atoms with E-state index in [9.17, 15) is 0 Å². The molecule has 0 N–H and O–H groups in total. The molecular formula is C14H14ClN. The van der Waals surface area contributed by atoms with E-state index >= 15 is 0 Å². The summed E-state index contributed by atoms with van der Waals surface area (Å²) in [7, 11) is 0. The minimum atomic E-state index is 0. The third kappa shape index (κ3) is 2.03. The van der Waals surface area contributed by atoms with Crippen molar-refractivity contribution in [1.29, 1.82) is 0 Å². The second kappa shape index (κ2) is 5.01. The Kier molecular flexibility index (Phi) is 3.93. The average Bonchev–Trinajstić information content (AvgIpc) is 2.24. The third-order valence-electron chi connectivity index (χ3n) is 2.72. The molecule has 0 atom stereocenters. The summed E-state index contributed by atoms with van der Waals surface area (Å²) in [4.78, 5) is 0. The number of terminal acetylenes is 1. The zero-order valence-corrected chi connectivity index (χ0v) is 10.3. The van der Waals surface area contributed by atoms with Crippen LogP contribution in [0, 0.1) is 26.2 Å². The van der Waals surface area contributed by atoms with E-state index in [1.165, 1.54) is 22.2 Å². The van der Waals surface area contributed by atoms with Crippen LogP contribution in [0.25, 0.3) is 10.9 Å². The molecule has 2 aromatic rings. The molecule has 0 aliphatic heterocycles. The van der Waals surface area contributed by atoms with Gasteiger partial charge in [0.1, 0.15) is 0 Å². The predicted octanol–water partition coefficient (Wildman–Crippen LogP) is -0.619. The molecule has 0 fully saturated rings. The zero-order valence-electron chi connectivity index (χ0n) is 9.50. The first-order chi connectivity index (χ1) is 7.24. The lowest BCUT2D eigenvalue weighted by molar-refractivity contribution is -0.664. The van der Waals surface area contributed by atoms with Gasteiger partial charge in [0.25, 0.3) is 0 Å². The van der Waals surface area contributed by atoms with E-state index in [1.807, 2.05) is 6.07 Å². The first kappa shape index (κ1) is 12.5. The molecule has 82 valence electrons. The smallest absolute Gasteiger partial charge is 0.213 e. The summed E-state index contributed by atoms with van der Waals surface area (Å²) >= 11 is 0. The van der Waals surface area contributed by atoms with Gasteiger partial charge in [0.15, 0.2) is 5.69 Å². The van der Waals surface area contributed by atoms with Gasteiger partial charge < -0.3 is 12.4 Å². The molecular weight excluding hydrogens is 218 g/mol. The van der Waals surface area contributed by atoms with Crippen LogP contribution in [0.4, 0.5) is 0 Å². The maximum absolute atomic E-state index is 5.39. The van der Waals surface area contributed by atoms with E-state index in [4.69, 9.17) is 6.42 Å². The van der Waals surface area contributed by atoms with E-state index in [1.54, 1.807) is 0 Å². The molecule has 16 heavy (non-hydrogen) atoms. The summed E-state index contributed by atoms with van der Waals surface area (Å²) < 4.78 is 2.17. The molecule has 0 unspecified atom stereocenters. The van der Waals surface area contributed by atoms with Crippen molar-refractivity contribution in [2.75, 3.05) is 0 Å². The molecule has 0 spiro atoms. The van der Waals surface area contributed by atoms with Gasteiger partial charge >= 0.3 is 0 Å². The minimum Gasteiger partial charge on any atom is -1.00 e. The molecule has 0 saturated heterocycles. The van der Waals surface area contributed by atoms with Crippen molar-refractivity contribution in [2.24, 2.45) is 0 Å². The second-order valence-electron chi connectivity index (χ2n) is 3.78. The van der Waals surface area contributed by atoms with Gasteiger partial charge in [0.2, 0.25) is 12.1 Å². The topological polar surface area (TPSA) is 3.88 Å². The Morgan fingerprint density at radius 2 is 1.94 bits per heavy atom. The zero-order chi connectivity index (χ0) is 10.8. The molecule has 0 aliphatic rings. The van der Waals surface area contributed by atoms with Gasteiger partial charge in [0.05, 0.1) is 0 Å². The van der Waals surface area contributed by atoms with Crippen LogP contribution in [0.1, 0.15) is 11.3 Å². The number of hydrogen-bond acceptors (Lipinski definition) is 0. The molecule has 1 aromatic carbocycles. The van der Waals surface area contributed by atoms with Crippen molar-refractivity contribution in [1.82, 2.24) is 0 Å². The van der Waals surface area contributed by atoms with Gasteiger partial charge in [-0.2, -0.15) is 4.57 Å². The fourth-order valence-corrected chi connectivity index (χ4v) is 2.00. The lowest BCUT2D eigenvalue weighted by atomic mass is 10.1. The molecule has 0 aliphatic carbocycles. The highest BCUT2D eigenvalue weighted by Crippen LogP contribution is 2.15. The normalized spacial score (nSPS) is 9.56. The van der Waals surface area contributed by atoms with Crippen LogP contribution in [0.15, 0.2) is 30.3 Å². The highest BCUT2D eigenvalue weighted by Gasteiger charge is 2.12. The molecule has 0 saturated carbocycles. The van der Waals surface area contributed by atoms with Gasteiger partial charge in [-0.1, -0.05) is 12.1 Å². The number of hydrogen-bond donors (Lipinski definition) is 0. The van der Waals surface area contributed by atoms with E-state index in [0.717, 1.165) is 0 Å². The summed E-state index contributed by atoms with van der Waals surface area (Å²) in [6.45, 7) is 4.86. The fourth-order valence-electron chi connectivity index (χ4n) is 2.00. The summed E-state index contributed by atoms with van der Waals surface area (Å²) in [5.74, 6) is 2.70. The van der Waals surface area contributed by atoms with Crippen molar-refractivity contribution in [2.45, 2.75) is 20.4 Å². The first-order valence-corrected chi connectivity index (χ1v) is 5.06. The Hall–Kier alpha value is -1.52. The number of nitrogens with zero attached hydrogens (tertiary/aromatic N) is 1. The van der Waals surface area contributed by atoms with Crippen LogP contribution in [-0.2, 0) is 6.54 Å². The number of rotatable bonds is 1. The quantitative estimate of drug-likeness (QED) is 0.455. The van der Waals surface area contributed by atoms with E-state index in [-0.39, 0.29) is 12.4 Å². The standard InChI is InChI=1S/C14H14N.ClH/c1-4-9-15-12(3)10-11(2)13-7-5-6-8-14(13)15;/h1,5-8,10H,9H2,2-3H3;1H/q+1;/p-1. The molecule has 0 radical (unpaired) electrons. The molecule has 1 nitrogen and oxygen atoms in total. The summed E-state index contributed by atoms with van der Waals surface area (Å²) in [6.07, 6.45) is 5.39. The monoisotopic (exact) mass is 231 g/mol. The number of para-hydroxylation sites is 1. The van der Waals surface area contributed by atoms with Crippen molar-refractivity contribution >= 4 is 10.9 Å². The van der Waals surface area contributed by atoms with Crippen LogP contribution >= 0.6 is 0 Å². The molecule has 2 heteroatoms. The van der Waals surface area contributed by atoms with Gasteiger partial charge in [-0.15, -0.1) is 6.42 Å². The van der Waals surface area contributed by atoms with Gasteiger partial charge in [-0.05, 0) is 24.5 Å². The Labute approximate surface area is 103 Å². The highest BCUT2D eigenvalue weighted by atomic mass is 35.5. The third-order valence-corrected chi connectivity index (χ3v) is 2.72. The Morgan fingerprint density at radius 1 is 1.25 bits per heavy atom. The fraction of sp³-hybridized carbons (Fsp3) is 0.214. The van der Waals surface area contributed by atoms with Crippen LogP contribution in [0.2, 0.25) is 0 Å². The highest BCUT2D eigenvalue weighted by molar-refractivity contribution is 5.79. The van der Waals surface area contributed by atoms with Crippen molar-refractivity contribution in [3.8, 4) is 12.3 Å². The number of pyridine rings is 1. The van der Waals surface area contributed by atoms with E-state index in [2.05, 4.69) is 48.6 Å². The molecule has 1 aromatic heterocycles. The molecule has 2 rings (SSSR count). The van der Waals surface area contributed by atoms with Gasteiger partial charge in [-0.3, -0.25) is 0 Å². The Morgan fingerprint density at radius 3 is 2.62 bits per heavy atom. The number of aryl methyl sites for hydroxylation is 2. The SMILES string of the molecule is C#CC[n+]1c(C)cc(C)c2ccccc21.[Cl-]. The predicted molar refractivity (Wildman–Crippen MR) is 62.5 cm³/mol. The Bertz CT molecular complexity index is 552. The van der Waals surface area contributed by atoms with Gasteiger partial charge in [0, 0.05) is 24.4 Å². The summed E-state index contributed by atoms with van der Waals surface area (Å²) in [5, 5.41) is 1.28. The minimum absolute atomic E-state index is 0. The summed E-state index contributed by atoms with van der Waals surface area (Å²) in [6, 6.07) is 10.5. The van der Waals surface area contributed by atoms with Crippen molar-refractivity contribution in [3.63, 3.8) is 0 Å². The van der Waals surface area contributed by atoms with Crippen molar-refractivity contribution in [3.05, 3.63) is 41.6 Å². The number of halogens is 1. The lowest BCUT2D eigenvalue weighted by Gasteiger charge is -2.04. The van der Waals surface area contributed by atoms with Gasteiger partial charge in [-0.25, -0.2) is 0 Å². The largest absolute Gasteiger partial charge is 1.00 e. The maximum atomic E-state index is 5.39. The van der Waals surface area contributed by atoms with E-state index < -0.39 is 0 Å². The average molecular weight is 232 g/mol. The van der Waals surface area contributed by atoms with Crippen LogP contribution < -0.4 is 17.0 Å².